The van der Waals surface area contributed by atoms with Crippen molar-refractivity contribution < 1.29 is 24.2 Å². The van der Waals surface area contributed by atoms with Crippen LogP contribution >= 0.6 is 0 Å². The molecule has 2 N–H and O–H groups in total. The molecule has 0 spiro atoms. The lowest BCUT2D eigenvalue weighted by Crippen LogP contribution is -2.40. The second kappa shape index (κ2) is 9.46. The Bertz CT molecular complexity index is 1110. The molecule has 4 rings (SSSR count). The highest BCUT2D eigenvalue weighted by atomic mass is 16.5. The zero-order valence-electron chi connectivity index (χ0n) is 18.7. The number of imide groups is 1. The van der Waals surface area contributed by atoms with Crippen molar-refractivity contribution in [2.75, 3.05) is 37.0 Å². The summed E-state index contributed by atoms with van der Waals surface area (Å²) in [5.41, 5.74) is 2.16. The Morgan fingerprint density at radius 1 is 1.12 bits per heavy atom. The van der Waals surface area contributed by atoms with Crippen LogP contribution in [0.25, 0.3) is 5.57 Å². The molecule has 1 saturated heterocycles. The first kappa shape index (κ1) is 22.5. The zero-order valence-corrected chi connectivity index (χ0v) is 18.7. The third-order valence-electron chi connectivity index (χ3n) is 5.98. The smallest absolute Gasteiger partial charge is 0.282 e. The van der Waals surface area contributed by atoms with Crippen molar-refractivity contribution in [3.8, 4) is 5.75 Å². The first-order valence-corrected chi connectivity index (χ1v) is 10.9. The summed E-state index contributed by atoms with van der Waals surface area (Å²) in [7, 11) is 1.53. The minimum Gasteiger partial charge on any atom is -0.496 e. The molecule has 2 aliphatic rings. The molecular formula is C25H27N3O5. The van der Waals surface area contributed by atoms with Crippen LogP contribution in [0, 0.1) is 5.92 Å². The number of para-hydroxylation sites is 1. The fraction of sp³-hybridized carbons (Fsp3) is 0.320. The third-order valence-corrected chi connectivity index (χ3v) is 5.98. The van der Waals surface area contributed by atoms with Crippen molar-refractivity contribution >= 4 is 34.7 Å². The summed E-state index contributed by atoms with van der Waals surface area (Å²) in [4.78, 5) is 41.8. The van der Waals surface area contributed by atoms with Crippen LogP contribution < -0.4 is 15.0 Å². The molecule has 3 amide bonds. The second-order valence-corrected chi connectivity index (χ2v) is 8.23. The highest BCUT2D eigenvalue weighted by molar-refractivity contribution is 6.45. The molecule has 1 fully saturated rings. The molecule has 2 heterocycles. The Morgan fingerprint density at radius 3 is 2.52 bits per heavy atom. The van der Waals surface area contributed by atoms with E-state index < -0.39 is 11.8 Å². The lowest BCUT2D eigenvalue weighted by atomic mass is 9.96. The van der Waals surface area contributed by atoms with E-state index in [2.05, 4.69) is 5.32 Å². The van der Waals surface area contributed by atoms with Gasteiger partial charge in [-0.1, -0.05) is 18.2 Å². The number of aliphatic hydroxyl groups excluding tert-OH is 1. The van der Waals surface area contributed by atoms with Gasteiger partial charge in [0, 0.05) is 37.9 Å². The molecule has 0 aliphatic carbocycles. The Hall–Kier alpha value is -3.65. The van der Waals surface area contributed by atoms with Crippen molar-refractivity contribution in [3.63, 3.8) is 0 Å². The minimum atomic E-state index is -0.433. The van der Waals surface area contributed by atoms with Crippen LogP contribution in [0.5, 0.6) is 5.75 Å². The van der Waals surface area contributed by atoms with E-state index in [1.165, 1.54) is 14.0 Å². The molecule has 8 heteroatoms. The van der Waals surface area contributed by atoms with Crippen LogP contribution in [0.1, 0.15) is 25.3 Å². The molecule has 2 aromatic rings. The van der Waals surface area contributed by atoms with Gasteiger partial charge in [0.25, 0.3) is 11.8 Å². The standard InChI is InChI=1S/C25H27N3O5/c1-16(30)26-18-9-11-19(12-10-18)28-24(31)22(20-7-3-4-8-21(20)33-2)23(25(28)32)27-13-5-6-17(14-27)15-29/h3-4,7-12,17,29H,5-6,13-15H2,1-2H3,(H,26,30). The number of piperidine rings is 1. The van der Waals surface area contributed by atoms with E-state index in [1.54, 1.807) is 42.5 Å². The number of hydrogen-bond donors (Lipinski definition) is 2. The molecule has 0 radical (unpaired) electrons. The lowest BCUT2D eigenvalue weighted by molar-refractivity contribution is -0.121. The number of anilines is 2. The number of carbonyl (C=O) groups excluding carboxylic acids is 3. The van der Waals surface area contributed by atoms with Gasteiger partial charge in [0.1, 0.15) is 11.4 Å². The molecular weight excluding hydrogens is 422 g/mol. The fourth-order valence-electron chi connectivity index (χ4n) is 4.45. The molecule has 33 heavy (non-hydrogen) atoms. The molecule has 2 aliphatic heterocycles. The maximum Gasteiger partial charge on any atom is 0.282 e. The van der Waals surface area contributed by atoms with E-state index in [4.69, 9.17) is 4.74 Å². The third kappa shape index (κ3) is 4.34. The summed E-state index contributed by atoms with van der Waals surface area (Å²) in [5.74, 6) is -0.504. The van der Waals surface area contributed by atoms with Crippen LogP contribution in [0.3, 0.4) is 0 Å². The highest BCUT2D eigenvalue weighted by Crippen LogP contribution is 2.39. The van der Waals surface area contributed by atoms with E-state index in [1.807, 2.05) is 11.0 Å². The molecule has 8 nitrogen and oxygen atoms in total. The van der Waals surface area contributed by atoms with E-state index >= 15 is 0 Å². The first-order valence-electron chi connectivity index (χ1n) is 10.9. The Balaban J connectivity index is 1.78. The predicted octanol–water partition coefficient (Wildman–Crippen LogP) is 2.64. The van der Waals surface area contributed by atoms with Crippen LogP contribution in [-0.2, 0) is 14.4 Å². The number of nitrogens with zero attached hydrogens (tertiary/aromatic N) is 2. The van der Waals surface area contributed by atoms with Gasteiger partial charge in [-0.3, -0.25) is 14.4 Å². The number of amides is 3. The molecule has 1 unspecified atom stereocenters. The molecule has 0 bridgehead atoms. The van der Waals surface area contributed by atoms with Crippen molar-refractivity contribution in [3.05, 3.63) is 59.8 Å². The van der Waals surface area contributed by atoms with Crippen molar-refractivity contribution in [1.29, 1.82) is 0 Å². The molecule has 2 aromatic carbocycles. The topological polar surface area (TPSA) is 99.2 Å². The maximum atomic E-state index is 13.7. The van der Waals surface area contributed by atoms with Crippen LogP contribution in [0.2, 0.25) is 0 Å². The van der Waals surface area contributed by atoms with Crippen molar-refractivity contribution in [1.82, 2.24) is 4.90 Å². The lowest BCUT2D eigenvalue weighted by Gasteiger charge is -2.34. The average molecular weight is 450 g/mol. The summed E-state index contributed by atoms with van der Waals surface area (Å²) < 4.78 is 5.50. The number of likely N-dealkylation sites (tertiary alicyclic amines) is 1. The first-order chi connectivity index (χ1) is 15.9. The van der Waals surface area contributed by atoms with E-state index in [0.717, 1.165) is 17.7 Å². The van der Waals surface area contributed by atoms with Gasteiger partial charge in [0.15, 0.2) is 0 Å². The largest absolute Gasteiger partial charge is 0.496 e. The summed E-state index contributed by atoms with van der Waals surface area (Å²) in [5, 5.41) is 12.4. The number of ether oxygens (including phenoxy) is 1. The van der Waals surface area contributed by atoms with Gasteiger partial charge in [0.05, 0.1) is 18.4 Å². The number of nitrogens with one attached hydrogen (secondary N) is 1. The number of rotatable bonds is 6. The summed E-state index contributed by atoms with van der Waals surface area (Å²) in [6.45, 7) is 2.57. The van der Waals surface area contributed by atoms with E-state index in [9.17, 15) is 19.5 Å². The normalized spacial score (nSPS) is 18.7. The van der Waals surface area contributed by atoms with Crippen molar-refractivity contribution in [2.24, 2.45) is 5.92 Å². The summed E-state index contributed by atoms with van der Waals surface area (Å²) in [6, 6.07) is 13.7. The van der Waals surface area contributed by atoms with Crippen molar-refractivity contribution in [2.45, 2.75) is 19.8 Å². The Labute approximate surface area is 192 Å². The average Bonchev–Trinajstić information content (AvgIpc) is 3.09. The minimum absolute atomic E-state index is 0.0320. The van der Waals surface area contributed by atoms with E-state index in [-0.39, 0.29) is 18.4 Å². The SMILES string of the molecule is COc1ccccc1C1=C(N2CCCC(CO)C2)C(=O)N(c2ccc(NC(C)=O)cc2)C1=O. The molecule has 172 valence electrons. The maximum absolute atomic E-state index is 13.7. The van der Waals surface area contributed by atoms with Crippen LogP contribution in [0.15, 0.2) is 54.2 Å². The number of benzene rings is 2. The van der Waals surface area contributed by atoms with Gasteiger partial charge in [-0.05, 0) is 49.1 Å². The zero-order chi connectivity index (χ0) is 23.5. The number of carbonyl (C=O) groups is 3. The second-order valence-electron chi connectivity index (χ2n) is 8.23. The number of methoxy groups -OCH3 is 1. The Morgan fingerprint density at radius 2 is 1.85 bits per heavy atom. The predicted molar refractivity (Wildman–Crippen MR) is 125 cm³/mol. The molecule has 0 saturated carbocycles. The van der Waals surface area contributed by atoms with Crippen LogP contribution in [0.4, 0.5) is 11.4 Å². The molecule has 0 aromatic heterocycles. The van der Waals surface area contributed by atoms with Gasteiger partial charge in [-0.2, -0.15) is 0 Å². The van der Waals surface area contributed by atoms with Gasteiger partial charge < -0.3 is 20.1 Å². The quantitative estimate of drug-likeness (QED) is 0.658. The number of aliphatic hydroxyl groups is 1. The van der Waals surface area contributed by atoms with Gasteiger partial charge in [0.2, 0.25) is 5.91 Å². The monoisotopic (exact) mass is 449 g/mol. The van der Waals surface area contributed by atoms with Crippen LogP contribution in [-0.4, -0.2) is 54.5 Å². The number of hydrogen-bond acceptors (Lipinski definition) is 6. The highest BCUT2D eigenvalue weighted by Gasteiger charge is 2.44. The summed E-state index contributed by atoms with van der Waals surface area (Å²) >= 11 is 0. The summed E-state index contributed by atoms with van der Waals surface area (Å²) in [6.07, 6.45) is 1.70. The van der Waals surface area contributed by atoms with E-state index in [0.29, 0.717) is 47.0 Å². The fourth-order valence-corrected chi connectivity index (χ4v) is 4.45. The van der Waals surface area contributed by atoms with Gasteiger partial charge in [-0.25, -0.2) is 4.90 Å². The molecule has 1 atom stereocenters. The Kier molecular flexibility index (Phi) is 6.46. The van der Waals surface area contributed by atoms with Gasteiger partial charge in [-0.15, -0.1) is 0 Å². The van der Waals surface area contributed by atoms with Gasteiger partial charge >= 0.3 is 0 Å².